The van der Waals surface area contributed by atoms with Crippen molar-refractivity contribution in [2.75, 3.05) is 18.0 Å². The van der Waals surface area contributed by atoms with Crippen LogP contribution in [0.3, 0.4) is 0 Å². The zero-order valence-electron chi connectivity index (χ0n) is 9.40. The summed E-state index contributed by atoms with van der Waals surface area (Å²) in [5.74, 6) is -0.555. The van der Waals surface area contributed by atoms with Crippen molar-refractivity contribution < 1.29 is 14.4 Å². The number of ketones is 1. The van der Waals surface area contributed by atoms with Gasteiger partial charge >= 0.3 is 0 Å². The van der Waals surface area contributed by atoms with E-state index >= 15 is 0 Å². The molecule has 1 N–H and O–H groups in total. The van der Waals surface area contributed by atoms with Crippen LogP contribution in [-0.2, 0) is 9.59 Å². The minimum absolute atomic E-state index is 0.0227. The predicted octanol–water partition coefficient (Wildman–Crippen LogP) is 0.352. The molecule has 0 spiro atoms. The smallest absolute Gasteiger partial charge is 0.246 e. The summed E-state index contributed by atoms with van der Waals surface area (Å²) in [6, 6.07) is 6.79. The summed E-state index contributed by atoms with van der Waals surface area (Å²) in [5, 5.41) is 2.47. The van der Waals surface area contributed by atoms with E-state index in [2.05, 4.69) is 5.32 Å². The van der Waals surface area contributed by atoms with Gasteiger partial charge in [0.1, 0.15) is 6.54 Å². The van der Waals surface area contributed by atoms with Crippen molar-refractivity contribution in [3.05, 3.63) is 29.8 Å². The van der Waals surface area contributed by atoms with Gasteiger partial charge in [0.25, 0.3) is 0 Å². The van der Waals surface area contributed by atoms with Crippen LogP contribution in [0.25, 0.3) is 0 Å². The van der Waals surface area contributed by atoms with Crippen LogP contribution in [0.2, 0.25) is 0 Å². The second-order valence-corrected chi connectivity index (χ2v) is 3.83. The number of hydrogen-bond donors (Lipinski definition) is 1. The number of rotatable bonds is 2. The first-order valence-electron chi connectivity index (χ1n) is 5.26. The largest absolute Gasteiger partial charge is 0.345 e. The van der Waals surface area contributed by atoms with E-state index in [0.29, 0.717) is 11.3 Å². The molecule has 17 heavy (non-hydrogen) atoms. The molecule has 0 radical (unpaired) electrons. The molecular weight excluding hydrogens is 220 g/mol. The highest BCUT2D eigenvalue weighted by molar-refractivity contribution is 6.09. The number of benzene rings is 1. The highest BCUT2D eigenvalue weighted by Gasteiger charge is 2.26. The number of para-hydroxylation sites is 1. The van der Waals surface area contributed by atoms with Crippen molar-refractivity contribution in [1.29, 1.82) is 0 Å². The second kappa shape index (κ2) is 4.37. The molecule has 2 rings (SSSR count). The van der Waals surface area contributed by atoms with E-state index in [1.54, 1.807) is 24.3 Å². The van der Waals surface area contributed by atoms with Gasteiger partial charge in [-0.1, -0.05) is 12.1 Å². The van der Waals surface area contributed by atoms with Crippen molar-refractivity contribution >= 4 is 23.3 Å². The van der Waals surface area contributed by atoms with E-state index in [1.165, 1.54) is 11.8 Å². The van der Waals surface area contributed by atoms with E-state index in [0.717, 1.165) is 0 Å². The topological polar surface area (TPSA) is 66.5 Å². The lowest BCUT2D eigenvalue weighted by molar-refractivity contribution is -0.128. The summed E-state index contributed by atoms with van der Waals surface area (Å²) in [5.41, 5.74) is 0.954. The number of nitrogens with one attached hydrogen (secondary N) is 1. The Morgan fingerprint density at radius 2 is 2.00 bits per heavy atom. The highest BCUT2D eigenvalue weighted by atomic mass is 16.2. The highest BCUT2D eigenvalue weighted by Crippen LogP contribution is 2.21. The summed E-state index contributed by atoms with van der Waals surface area (Å²) < 4.78 is 0. The van der Waals surface area contributed by atoms with Gasteiger partial charge in [-0.25, -0.2) is 0 Å². The Hall–Kier alpha value is -2.17. The Morgan fingerprint density at radius 3 is 2.71 bits per heavy atom. The van der Waals surface area contributed by atoms with Crippen LogP contribution >= 0.6 is 0 Å². The van der Waals surface area contributed by atoms with E-state index in [4.69, 9.17) is 0 Å². The minimum atomic E-state index is -0.219. The Morgan fingerprint density at radius 1 is 1.29 bits per heavy atom. The maximum Gasteiger partial charge on any atom is 0.246 e. The van der Waals surface area contributed by atoms with Gasteiger partial charge in [-0.2, -0.15) is 0 Å². The normalized spacial score (nSPS) is 15.7. The molecule has 0 aromatic heterocycles. The quantitative estimate of drug-likeness (QED) is 0.748. The third-order valence-corrected chi connectivity index (χ3v) is 2.61. The summed E-state index contributed by atoms with van der Waals surface area (Å²) in [6.07, 6.45) is 0. The summed E-state index contributed by atoms with van der Waals surface area (Å²) in [7, 11) is 0. The summed E-state index contributed by atoms with van der Waals surface area (Å²) in [4.78, 5) is 35.8. The molecule has 2 amide bonds. The lowest BCUT2D eigenvalue weighted by atomic mass is 10.1. The fourth-order valence-electron chi connectivity index (χ4n) is 1.78. The van der Waals surface area contributed by atoms with Gasteiger partial charge in [0.05, 0.1) is 12.2 Å². The van der Waals surface area contributed by atoms with Gasteiger partial charge in [0, 0.05) is 5.56 Å². The maximum absolute atomic E-state index is 11.7. The van der Waals surface area contributed by atoms with Crippen molar-refractivity contribution in [2.45, 2.75) is 6.92 Å². The Labute approximate surface area is 98.4 Å². The summed E-state index contributed by atoms with van der Waals surface area (Å²) in [6.45, 7) is 1.38. The first-order chi connectivity index (χ1) is 8.09. The molecule has 1 aromatic carbocycles. The fourth-order valence-corrected chi connectivity index (χ4v) is 1.78. The Balaban J connectivity index is 2.42. The van der Waals surface area contributed by atoms with Gasteiger partial charge < -0.3 is 10.2 Å². The number of hydrogen-bond acceptors (Lipinski definition) is 3. The maximum atomic E-state index is 11.7. The Bertz CT molecular complexity index is 496. The molecule has 5 nitrogen and oxygen atoms in total. The predicted molar refractivity (Wildman–Crippen MR) is 61.8 cm³/mol. The van der Waals surface area contributed by atoms with Crippen LogP contribution in [0.15, 0.2) is 24.3 Å². The number of carbonyl (C=O) groups excluding carboxylic acids is 3. The zero-order chi connectivity index (χ0) is 12.4. The van der Waals surface area contributed by atoms with Crippen LogP contribution < -0.4 is 10.2 Å². The number of anilines is 1. The standard InChI is InChI=1S/C12H12N2O3/c1-8(15)9-4-2-3-5-10(9)14-7-11(16)13-6-12(14)17/h2-5H,6-7H2,1H3,(H,13,16). The van der Waals surface area contributed by atoms with Gasteiger partial charge in [-0.05, 0) is 19.1 Å². The van der Waals surface area contributed by atoms with Crippen molar-refractivity contribution in [3.8, 4) is 0 Å². The second-order valence-electron chi connectivity index (χ2n) is 3.83. The molecule has 88 valence electrons. The average molecular weight is 232 g/mol. The van der Waals surface area contributed by atoms with Crippen molar-refractivity contribution in [2.24, 2.45) is 0 Å². The lowest BCUT2D eigenvalue weighted by Crippen LogP contribution is -2.52. The molecule has 1 aromatic rings. The van der Waals surface area contributed by atoms with E-state index in [9.17, 15) is 14.4 Å². The lowest BCUT2D eigenvalue weighted by Gasteiger charge is -2.27. The third kappa shape index (κ3) is 2.18. The number of amides is 2. The van der Waals surface area contributed by atoms with Crippen LogP contribution in [0.1, 0.15) is 17.3 Å². The minimum Gasteiger partial charge on any atom is -0.345 e. The molecule has 0 bridgehead atoms. The fraction of sp³-hybridized carbons (Fsp3) is 0.250. The molecule has 5 heteroatoms. The van der Waals surface area contributed by atoms with Gasteiger partial charge in [0.2, 0.25) is 11.8 Å². The molecule has 1 aliphatic heterocycles. The number of nitrogens with zero attached hydrogens (tertiary/aromatic N) is 1. The zero-order valence-corrected chi connectivity index (χ0v) is 9.40. The molecule has 1 fully saturated rings. The third-order valence-electron chi connectivity index (χ3n) is 2.61. The average Bonchev–Trinajstić information content (AvgIpc) is 2.32. The molecule has 1 heterocycles. The van der Waals surface area contributed by atoms with E-state index < -0.39 is 0 Å². The molecule has 0 aliphatic carbocycles. The van der Waals surface area contributed by atoms with Gasteiger partial charge in [0.15, 0.2) is 5.78 Å². The van der Waals surface area contributed by atoms with Gasteiger partial charge in [-0.15, -0.1) is 0 Å². The molecule has 0 unspecified atom stereocenters. The van der Waals surface area contributed by atoms with Crippen molar-refractivity contribution in [3.63, 3.8) is 0 Å². The van der Waals surface area contributed by atoms with E-state index in [1.807, 2.05) is 0 Å². The monoisotopic (exact) mass is 232 g/mol. The van der Waals surface area contributed by atoms with Crippen LogP contribution in [0.4, 0.5) is 5.69 Å². The number of carbonyl (C=O) groups is 3. The van der Waals surface area contributed by atoms with Gasteiger partial charge in [-0.3, -0.25) is 14.4 Å². The first-order valence-corrected chi connectivity index (χ1v) is 5.26. The van der Waals surface area contributed by atoms with E-state index in [-0.39, 0.29) is 30.7 Å². The molecule has 1 saturated heterocycles. The van der Waals surface area contributed by atoms with Crippen LogP contribution in [0, 0.1) is 0 Å². The van der Waals surface area contributed by atoms with Crippen LogP contribution in [-0.4, -0.2) is 30.7 Å². The number of Topliss-reactive ketones (excluding diaryl/α,β-unsaturated/α-hetero) is 1. The molecule has 1 aliphatic rings. The van der Waals surface area contributed by atoms with Crippen LogP contribution in [0.5, 0.6) is 0 Å². The SMILES string of the molecule is CC(=O)c1ccccc1N1CC(=O)NCC1=O. The molecule has 0 atom stereocenters. The first kappa shape index (κ1) is 11.3. The Kier molecular flexibility index (Phi) is 2.91. The molecular formula is C12H12N2O3. The number of piperazine rings is 1. The summed E-state index contributed by atoms with van der Waals surface area (Å²) >= 11 is 0. The molecule has 0 saturated carbocycles. The van der Waals surface area contributed by atoms with Crippen molar-refractivity contribution in [1.82, 2.24) is 5.32 Å².